The molecule has 1 fully saturated rings. The van der Waals surface area contributed by atoms with E-state index in [0.29, 0.717) is 6.61 Å². The van der Waals surface area contributed by atoms with Gasteiger partial charge >= 0.3 is 0 Å². The van der Waals surface area contributed by atoms with E-state index in [4.69, 9.17) is 14.5 Å². The first kappa shape index (κ1) is 17.7. The van der Waals surface area contributed by atoms with E-state index in [2.05, 4.69) is 19.1 Å². The smallest absolute Gasteiger partial charge is 0.161 e. The summed E-state index contributed by atoms with van der Waals surface area (Å²) in [5.74, 6) is 0.0702. The molecule has 0 saturated carbocycles. The van der Waals surface area contributed by atoms with Crippen molar-refractivity contribution < 1.29 is 14.6 Å². The molecule has 0 radical (unpaired) electrons. The molecule has 24 heavy (non-hydrogen) atoms. The van der Waals surface area contributed by atoms with Crippen LogP contribution in [0.2, 0.25) is 0 Å². The Bertz CT molecular complexity index is 579. The van der Waals surface area contributed by atoms with Gasteiger partial charge in [-0.3, -0.25) is 4.99 Å². The van der Waals surface area contributed by atoms with Gasteiger partial charge in [0.25, 0.3) is 0 Å². The third-order valence-electron chi connectivity index (χ3n) is 4.57. The Morgan fingerprint density at radius 2 is 2.04 bits per heavy atom. The Morgan fingerprint density at radius 3 is 2.67 bits per heavy atom. The minimum atomic E-state index is -0.534. The monoisotopic (exact) mass is 350 g/mol. The van der Waals surface area contributed by atoms with Crippen molar-refractivity contribution in [3.8, 4) is 0 Å². The van der Waals surface area contributed by atoms with Crippen molar-refractivity contribution in [2.75, 3.05) is 14.1 Å². The third-order valence-corrected chi connectivity index (χ3v) is 5.87. The molecule has 132 valence electrons. The number of aliphatic hydroxyl groups excluding tert-OH is 1. The zero-order valence-electron chi connectivity index (χ0n) is 14.6. The molecule has 1 unspecified atom stereocenters. The summed E-state index contributed by atoms with van der Waals surface area (Å²) in [6.45, 7) is 4.41. The van der Waals surface area contributed by atoms with E-state index < -0.39 is 6.10 Å². The largest absolute Gasteiger partial charge is 0.391 e. The lowest BCUT2D eigenvalue weighted by molar-refractivity contribution is -0.165. The molecule has 0 amide bonds. The van der Waals surface area contributed by atoms with E-state index in [1.54, 1.807) is 18.7 Å². The van der Waals surface area contributed by atoms with Gasteiger partial charge < -0.3 is 19.5 Å². The summed E-state index contributed by atoms with van der Waals surface area (Å²) in [4.78, 5) is 6.82. The molecule has 0 aromatic heterocycles. The molecule has 2 aliphatic rings. The molecule has 6 atom stereocenters. The zero-order valence-corrected chi connectivity index (χ0v) is 15.4. The molecule has 0 bridgehead atoms. The van der Waals surface area contributed by atoms with Gasteiger partial charge in [0.15, 0.2) is 5.17 Å². The van der Waals surface area contributed by atoms with Crippen LogP contribution in [0.3, 0.4) is 0 Å². The quantitative estimate of drug-likeness (QED) is 0.903. The number of aliphatic hydroxyl groups is 1. The number of nitrogens with zero attached hydrogens (tertiary/aromatic N) is 2. The Kier molecular flexibility index (Phi) is 5.49. The molecule has 0 spiro atoms. The van der Waals surface area contributed by atoms with Gasteiger partial charge in [0.2, 0.25) is 0 Å². The summed E-state index contributed by atoms with van der Waals surface area (Å²) in [7, 11) is 3.97. The number of thioether (sulfide) groups is 1. The fraction of sp³-hybridized carbons (Fsp3) is 0.611. The normalized spacial score (nSPS) is 33.7. The highest BCUT2D eigenvalue weighted by atomic mass is 32.2. The number of benzene rings is 1. The van der Waals surface area contributed by atoms with Gasteiger partial charge in [-0.25, -0.2) is 0 Å². The molecule has 1 aromatic rings. The average molecular weight is 350 g/mol. The van der Waals surface area contributed by atoms with Crippen LogP contribution in [0.5, 0.6) is 0 Å². The fourth-order valence-electron chi connectivity index (χ4n) is 3.30. The lowest BCUT2D eigenvalue weighted by atomic mass is 9.87. The highest BCUT2D eigenvalue weighted by Gasteiger charge is 2.49. The molecule has 6 heteroatoms. The summed E-state index contributed by atoms with van der Waals surface area (Å²) in [6.07, 6.45) is -0.850. The van der Waals surface area contributed by atoms with Gasteiger partial charge in [0.1, 0.15) is 11.5 Å². The number of ether oxygens (including phenoxy) is 2. The molecule has 0 aliphatic carbocycles. The van der Waals surface area contributed by atoms with Crippen molar-refractivity contribution in [2.24, 2.45) is 10.9 Å². The van der Waals surface area contributed by atoms with Crippen LogP contribution in [-0.4, -0.2) is 59.1 Å². The molecular weight excluding hydrogens is 324 g/mol. The maximum atomic E-state index is 10.1. The Balaban J connectivity index is 1.78. The second-order valence-corrected chi connectivity index (χ2v) is 7.81. The second kappa shape index (κ2) is 7.44. The van der Waals surface area contributed by atoms with Crippen molar-refractivity contribution in [1.29, 1.82) is 0 Å². The summed E-state index contributed by atoms with van der Waals surface area (Å²) in [5.41, 5.74) is 1.04. The molecule has 3 rings (SSSR count). The number of aliphatic imine (C=N–C) groups is 1. The lowest BCUT2D eigenvalue weighted by Crippen LogP contribution is -2.54. The highest BCUT2D eigenvalue weighted by Crippen LogP contribution is 2.41. The van der Waals surface area contributed by atoms with Gasteiger partial charge in [0.05, 0.1) is 24.9 Å². The molecule has 2 heterocycles. The van der Waals surface area contributed by atoms with Gasteiger partial charge in [-0.2, -0.15) is 0 Å². The third kappa shape index (κ3) is 3.61. The molecule has 1 N–H and O–H groups in total. The van der Waals surface area contributed by atoms with Gasteiger partial charge in [-0.1, -0.05) is 49.0 Å². The van der Waals surface area contributed by atoms with Crippen LogP contribution in [0.4, 0.5) is 0 Å². The van der Waals surface area contributed by atoms with Crippen LogP contribution >= 0.6 is 11.8 Å². The number of hydrogen-bond acceptors (Lipinski definition) is 6. The van der Waals surface area contributed by atoms with Crippen LogP contribution in [0.15, 0.2) is 35.3 Å². The van der Waals surface area contributed by atoms with Crippen LogP contribution in [0, 0.1) is 5.92 Å². The number of amidine groups is 1. The van der Waals surface area contributed by atoms with E-state index in [1.807, 2.05) is 37.2 Å². The number of fused-ring (bicyclic) bond motifs is 1. The second-order valence-electron chi connectivity index (χ2n) is 6.74. The minimum Gasteiger partial charge on any atom is -0.391 e. The standard InChI is InChI=1S/C18H26N2O3S/c1-11-15(12(2)21)23-17-14(19-18(24-17)20(3)4)16(11)22-10-13-8-6-5-7-9-13/h5-9,11-12,14-17,21H,10H2,1-4H3/t11-,12?,14-,15+,16+,17-/m1/s1. The van der Waals surface area contributed by atoms with Crippen LogP contribution in [-0.2, 0) is 16.1 Å². The number of rotatable bonds is 4. The molecule has 1 aromatic carbocycles. The van der Waals surface area contributed by atoms with Crippen molar-refractivity contribution >= 4 is 16.9 Å². The van der Waals surface area contributed by atoms with Crippen molar-refractivity contribution in [3.63, 3.8) is 0 Å². The van der Waals surface area contributed by atoms with E-state index in [-0.39, 0.29) is 29.6 Å². The van der Waals surface area contributed by atoms with Gasteiger partial charge in [-0.05, 0) is 12.5 Å². The Labute approximate surface area is 148 Å². The number of hydrogen-bond donors (Lipinski definition) is 1. The molecule has 5 nitrogen and oxygen atoms in total. The van der Waals surface area contributed by atoms with E-state index >= 15 is 0 Å². The Morgan fingerprint density at radius 1 is 1.33 bits per heavy atom. The highest BCUT2D eigenvalue weighted by molar-refractivity contribution is 8.14. The first-order valence-electron chi connectivity index (χ1n) is 8.38. The van der Waals surface area contributed by atoms with Crippen LogP contribution < -0.4 is 0 Å². The van der Waals surface area contributed by atoms with Gasteiger partial charge in [0, 0.05) is 20.0 Å². The van der Waals surface area contributed by atoms with E-state index in [9.17, 15) is 5.11 Å². The summed E-state index contributed by atoms with van der Waals surface area (Å²) >= 11 is 1.61. The predicted molar refractivity (Wildman–Crippen MR) is 97.0 cm³/mol. The zero-order chi connectivity index (χ0) is 17.3. The summed E-state index contributed by atoms with van der Waals surface area (Å²) in [6, 6.07) is 10.1. The first-order chi connectivity index (χ1) is 11.5. The van der Waals surface area contributed by atoms with Crippen LogP contribution in [0.25, 0.3) is 0 Å². The topological polar surface area (TPSA) is 54.3 Å². The van der Waals surface area contributed by atoms with Crippen molar-refractivity contribution in [1.82, 2.24) is 4.90 Å². The van der Waals surface area contributed by atoms with E-state index in [0.717, 1.165) is 10.7 Å². The van der Waals surface area contributed by atoms with E-state index in [1.165, 1.54) is 0 Å². The molecule has 2 aliphatic heterocycles. The van der Waals surface area contributed by atoms with Crippen molar-refractivity contribution in [3.05, 3.63) is 35.9 Å². The Hall–Kier alpha value is -1.08. The SMILES string of the molecule is CC(O)[C@H]1O[C@@H]2SC(N(C)C)=N[C@@H]2[C@@H](OCc2ccccc2)[C@@H]1C. The fourth-order valence-corrected chi connectivity index (χ4v) is 4.44. The lowest BCUT2D eigenvalue weighted by Gasteiger charge is -2.42. The maximum absolute atomic E-state index is 10.1. The van der Waals surface area contributed by atoms with Crippen LogP contribution in [0.1, 0.15) is 19.4 Å². The summed E-state index contributed by atoms with van der Waals surface area (Å²) < 4.78 is 12.4. The maximum Gasteiger partial charge on any atom is 0.161 e. The predicted octanol–water partition coefficient (Wildman–Crippen LogP) is 2.35. The molecular formula is C18H26N2O3S. The van der Waals surface area contributed by atoms with Crippen molar-refractivity contribution in [2.45, 2.75) is 50.2 Å². The molecule has 1 saturated heterocycles. The minimum absolute atomic E-state index is 0.0406. The summed E-state index contributed by atoms with van der Waals surface area (Å²) in [5, 5.41) is 11.1. The average Bonchev–Trinajstić information content (AvgIpc) is 2.98. The van der Waals surface area contributed by atoms with Gasteiger partial charge in [-0.15, -0.1) is 0 Å². The first-order valence-corrected chi connectivity index (χ1v) is 9.26.